The molecule has 0 spiro atoms. The Morgan fingerprint density at radius 3 is 2.77 bits per heavy atom. The smallest absolute Gasteiger partial charge is 0.248 e. The molecule has 4 rings (SSSR count). The molecular formula is C20H14FNO4. The zero-order valence-electron chi connectivity index (χ0n) is 13.6. The van der Waals surface area contributed by atoms with Gasteiger partial charge in [0.05, 0.1) is 5.56 Å². The minimum atomic E-state index is -0.363. The summed E-state index contributed by atoms with van der Waals surface area (Å²) >= 11 is 0. The number of furan rings is 1. The predicted molar refractivity (Wildman–Crippen MR) is 94.3 cm³/mol. The van der Waals surface area contributed by atoms with E-state index < -0.39 is 0 Å². The number of carbonyl (C=O) groups is 1. The van der Waals surface area contributed by atoms with Crippen LogP contribution in [0.15, 0.2) is 65.1 Å². The van der Waals surface area contributed by atoms with E-state index in [0.717, 1.165) is 0 Å². The summed E-state index contributed by atoms with van der Waals surface area (Å²) < 4.78 is 29.8. The molecule has 6 heteroatoms. The van der Waals surface area contributed by atoms with Crippen LogP contribution in [0.4, 0.5) is 10.1 Å². The lowest BCUT2D eigenvalue weighted by molar-refractivity contribution is -0.111. The number of anilines is 1. The number of hydrogen-bond acceptors (Lipinski definition) is 4. The van der Waals surface area contributed by atoms with E-state index >= 15 is 0 Å². The van der Waals surface area contributed by atoms with E-state index in [0.29, 0.717) is 34.3 Å². The van der Waals surface area contributed by atoms with Crippen LogP contribution in [0.5, 0.6) is 11.5 Å². The van der Waals surface area contributed by atoms with E-state index in [1.165, 1.54) is 18.2 Å². The molecule has 0 saturated carbocycles. The number of nitrogens with one attached hydrogen (secondary N) is 1. The molecule has 0 aliphatic carbocycles. The molecule has 1 N–H and O–H groups in total. The van der Waals surface area contributed by atoms with E-state index in [2.05, 4.69) is 5.32 Å². The Labute approximate surface area is 148 Å². The van der Waals surface area contributed by atoms with Crippen LogP contribution in [0.2, 0.25) is 0 Å². The molecule has 0 radical (unpaired) electrons. The van der Waals surface area contributed by atoms with E-state index in [4.69, 9.17) is 13.9 Å². The second kappa shape index (κ2) is 6.76. The van der Waals surface area contributed by atoms with Gasteiger partial charge in [-0.2, -0.15) is 0 Å². The maximum Gasteiger partial charge on any atom is 0.248 e. The fourth-order valence-corrected chi connectivity index (χ4v) is 2.56. The van der Waals surface area contributed by atoms with Crippen molar-refractivity contribution in [1.82, 2.24) is 0 Å². The van der Waals surface area contributed by atoms with Crippen molar-refractivity contribution in [2.24, 2.45) is 0 Å². The molecule has 0 bridgehead atoms. The second-order valence-corrected chi connectivity index (χ2v) is 5.57. The fraction of sp³-hybridized carbons (Fsp3) is 0.0500. The van der Waals surface area contributed by atoms with Gasteiger partial charge in [-0.15, -0.1) is 0 Å². The number of hydrogen-bond donors (Lipinski definition) is 1. The minimum absolute atomic E-state index is 0.176. The molecule has 1 aromatic heterocycles. The highest BCUT2D eigenvalue weighted by Gasteiger charge is 2.13. The molecule has 130 valence electrons. The molecule has 26 heavy (non-hydrogen) atoms. The number of halogens is 1. The van der Waals surface area contributed by atoms with Crippen LogP contribution in [0, 0.1) is 5.82 Å². The molecule has 2 heterocycles. The van der Waals surface area contributed by atoms with Gasteiger partial charge in [0, 0.05) is 17.8 Å². The lowest BCUT2D eigenvalue weighted by Gasteiger charge is -2.03. The monoisotopic (exact) mass is 351 g/mol. The number of benzene rings is 2. The summed E-state index contributed by atoms with van der Waals surface area (Å²) in [4.78, 5) is 12.0. The Morgan fingerprint density at radius 1 is 1.04 bits per heavy atom. The third-order valence-corrected chi connectivity index (χ3v) is 3.81. The number of fused-ring (bicyclic) bond motifs is 1. The van der Waals surface area contributed by atoms with Gasteiger partial charge in [0.1, 0.15) is 17.3 Å². The van der Waals surface area contributed by atoms with Crippen molar-refractivity contribution in [1.29, 1.82) is 0 Å². The van der Waals surface area contributed by atoms with Crippen LogP contribution < -0.4 is 14.8 Å². The molecule has 1 amide bonds. The Kier molecular flexibility index (Phi) is 4.15. The Morgan fingerprint density at radius 2 is 1.88 bits per heavy atom. The lowest BCUT2D eigenvalue weighted by atomic mass is 10.1. The average Bonchev–Trinajstić information content (AvgIpc) is 3.29. The van der Waals surface area contributed by atoms with Gasteiger partial charge in [-0.1, -0.05) is 12.1 Å². The third kappa shape index (κ3) is 3.30. The van der Waals surface area contributed by atoms with Crippen LogP contribution in [-0.2, 0) is 4.79 Å². The third-order valence-electron chi connectivity index (χ3n) is 3.81. The molecule has 1 aliphatic heterocycles. The summed E-state index contributed by atoms with van der Waals surface area (Å²) in [6, 6.07) is 14.8. The maximum absolute atomic E-state index is 13.8. The average molecular weight is 351 g/mol. The second-order valence-electron chi connectivity index (χ2n) is 5.57. The SMILES string of the molecule is O=C(/C=C/c1ccc(-c2ccccc2F)o1)Nc1ccc2c(c1)OCO2. The van der Waals surface area contributed by atoms with Crippen LogP contribution in [-0.4, -0.2) is 12.7 Å². The zero-order valence-corrected chi connectivity index (χ0v) is 13.6. The molecule has 2 aromatic carbocycles. The molecule has 0 fully saturated rings. The van der Waals surface area contributed by atoms with Gasteiger partial charge in [0.15, 0.2) is 11.5 Å². The van der Waals surface area contributed by atoms with Gasteiger partial charge in [0.25, 0.3) is 0 Å². The number of amides is 1. The van der Waals surface area contributed by atoms with Gasteiger partial charge < -0.3 is 19.2 Å². The molecule has 0 saturated heterocycles. The highest BCUT2D eigenvalue weighted by molar-refractivity contribution is 6.01. The largest absolute Gasteiger partial charge is 0.457 e. The van der Waals surface area contributed by atoms with Gasteiger partial charge in [-0.25, -0.2) is 4.39 Å². The predicted octanol–water partition coefficient (Wildman–Crippen LogP) is 4.47. The summed E-state index contributed by atoms with van der Waals surface area (Å²) in [6.45, 7) is 0.176. The summed E-state index contributed by atoms with van der Waals surface area (Å²) in [5.74, 6) is 1.40. The van der Waals surface area contributed by atoms with Gasteiger partial charge >= 0.3 is 0 Å². The topological polar surface area (TPSA) is 60.7 Å². The van der Waals surface area contributed by atoms with Crippen molar-refractivity contribution in [3.63, 3.8) is 0 Å². The van der Waals surface area contributed by atoms with Gasteiger partial charge in [-0.05, 0) is 42.5 Å². The standard InChI is InChI=1S/C20H14FNO4/c21-16-4-2-1-3-15(16)17-9-6-14(26-17)7-10-20(23)22-13-5-8-18-19(11-13)25-12-24-18/h1-11H,12H2,(H,22,23)/b10-7+. The molecule has 0 unspecified atom stereocenters. The van der Waals surface area contributed by atoms with Crippen LogP contribution >= 0.6 is 0 Å². The first-order chi connectivity index (χ1) is 12.7. The van der Waals surface area contributed by atoms with Crippen LogP contribution in [0.3, 0.4) is 0 Å². The Balaban J connectivity index is 1.43. The minimum Gasteiger partial charge on any atom is -0.457 e. The first-order valence-electron chi connectivity index (χ1n) is 7.92. The normalized spacial score (nSPS) is 12.5. The fourth-order valence-electron chi connectivity index (χ4n) is 2.56. The van der Waals surface area contributed by atoms with Crippen molar-refractivity contribution in [3.05, 3.63) is 72.3 Å². The van der Waals surface area contributed by atoms with Crippen LogP contribution in [0.25, 0.3) is 17.4 Å². The molecule has 1 aliphatic rings. The number of carbonyl (C=O) groups excluding carboxylic acids is 1. The van der Waals surface area contributed by atoms with Crippen LogP contribution in [0.1, 0.15) is 5.76 Å². The van der Waals surface area contributed by atoms with E-state index in [-0.39, 0.29) is 18.5 Å². The van der Waals surface area contributed by atoms with Crippen molar-refractivity contribution in [2.45, 2.75) is 0 Å². The van der Waals surface area contributed by atoms with Crippen molar-refractivity contribution in [2.75, 3.05) is 12.1 Å². The summed E-state index contributed by atoms with van der Waals surface area (Å²) in [7, 11) is 0. The zero-order chi connectivity index (χ0) is 17.9. The summed E-state index contributed by atoms with van der Waals surface area (Å²) in [5.41, 5.74) is 0.965. The van der Waals surface area contributed by atoms with E-state index in [9.17, 15) is 9.18 Å². The first kappa shape index (κ1) is 16.0. The van der Waals surface area contributed by atoms with Crippen molar-refractivity contribution in [3.8, 4) is 22.8 Å². The highest BCUT2D eigenvalue weighted by atomic mass is 19.1. The Hall–Kier alpha value is -3.54. The Bertz CT molecular complexity index is 993. The van der Waals surface area contributed by atoms with Crippen molar-refractivity contribution >= 4 is 17.7 Å². The van der Waals surface area contributed by atoms with Crippen molar-refractivity contribution < 1.29 is 23.1 Å². The molecular weight excluding hydrogens is 337 g/mol. The summed E-state index contributed by atoms with van der Waals surface area (Å²) in [5, 5.41) is 2.73. The first-order valence-corrected chi connectivity index (χ1v) is 7.92. The highest BCUT2D eigenvalue weighted by Crippen LogP contribution is 2.34. The van der Waals surface area contributed by atoms with E-state index in [1.807, 2.05) is 0 Å². The number of ether oxygens (including phenoxy) is 2. The van der Waals surface area contributed by atoms with Gasteiger partial charge in [-0.3, -0.25) is 4.79 Å². The quantitative estimate of drug-likeness (QED) is 0.705. The molecule has 0 atom stereocenters. The van der Waals surface area contributed by atoms with E-state index in [1.54, 1.807) is 48.5 Å². The maximum atomic E-state index is 13.8. The summed E-state index contributed by atoms with van der Waals surface area (Å²) in [6.07, 6.45) is 2.86. The lowest BCUT2D eigenvalue weighted by Crippen LogP contribution is -2.07. The van der Waals surface area contributed by atoms with Gasteiger partial charge in [0.2, 0.25) is 12.7 Å². The molecule has 3 aromatic rings. The number of rotatable bonds is 4. The molecule has 5 nitrogen and oxygen atoms in total.